The predicted molar refractivity (Wildman–Crippen MR) is 99.9 cm³/mol. The van der Waals surface area contributed by atoms with Gasteiger partial charge in [0.1, 0.15) is 0 Å². The minimum absolute atomic E-state index is 0.0238. The number of hydrogen-bond donors (Lipinski definition) is 0. The summed E-state index contributed by atoms with van der Waals surface area (Å²) >= 11 is 0. The monoisotopic (exact) mass is 399 g/mol. The Labute approximate surface area is 163 Å². The van der Waals surface area contributed by atoms with Gasteiger partial charge in [-0.15, -0.1) is 10.2 Å². The fourth-order valence-corrected chi connectivity index (χ4v) is 3.93. The normalized spacial score (nSPS) is 20.5. The number of carbonyl (C=O) groups excluding carboxylic acids is 1. The molecule has 156 valence electrons. The van der Waals surface area contributed by atoms with Gasteiger partial charge in [0.25, 0.3) is 0 Å². The van der Waals surface area contributed by atoms with Crippen LogP contribution in [0, 0.1) is 5.92 Å². The third kappa shape index (κ3) is 4.92. The molecule has 2 fully saturated rings. The van der Waals surface area contributed by atoms with Gasteiger partial charge in [-0.1, -0.05) is 0 Å². The topological polar surface area (TPSA) is 52.6 Å². The maximum Gasteiger partial charge on any atom is 0.435 e. The molecule has 0 saturated carbocycles. The first-order chi connectivity index (χ1) is 13.3. The van der Waals surface area contributed by atoms with Gasteiger partial charge in [0.15, 0.2) is 11.5 Å². The van der Waals surface area contributed by atoms with E-state index in [1.165, 1.54) is 6.07 Å². The average Bonchev–Trinajstić information content (AvgIpc) is 2.93. The summed E-state index contributed by atoms with van der Waals surface area (Å²) in [7, 11) is 0. The number of anilines is 1. The van der Waals surface area contributed by atoms with Gasteiger partial charge in [-0.25, -0.2) is 0 Å². The van der Waals surface area contributed by atoms with Crippen molar-refractivity contribution in [3.8, 4) is 0 Å². The van der Waals surface area contributed by atoms with E-state index >= 15 is 0 Å². The van der Waals surface area contributed by atoms with Gasteiger partial charge in [0.05, 0.1) is 0 Å². The lowest BCUT2D eigenvalue weighted by Crippen LogP contribution is -2.44. The summed E-state index contributed by atoms with van der Waals surface area (Å²) in [6.45, 7) is 9.05. The molecular formula is C19H28F3N5O. The Kier molecular flexibility index (Phi) is 6.42. The molecular weight excluding hydrogens is 371 g/mol. The van der Waals surface area contributed by atoms with Gasteiger partial charge in [-0.05, 0) is 45.2 Å². The minimum Gasteiger partial charge on any atom is -0.355 e. The number of nitrogens with zero attached hydrogens (tertiary/aromatic N) is 5. The van der Waals surface area contributed by atoms with Crippen LogP contribution in [0.2, 0.25) is 0 Å². The summed E-state index contributed by atoms with van der Waals surface area (Å²) in [5, 5.41) is 7.01. The predicted octanol–water partition coefficient (Wildman–Crippen LogP) is 2.65. The summed E-state index contributed by atoms with van der Waals surface area (Å²) in [4.78, 5) is 19.2. The zero-order valence-corrected chi connectivity index (χ0v) is 16.5. The second kappa shape index (κ2) is 8.63. The van der Waals surface area contributed by atoms with Crippen molar-refractivity contribution >= 4 is 11.7 Å². The first-order valence-corrected chi connectivity index (χ1v) is 9.94. The Morgan fingerprint density at radius 1 is 1.04 bits per heavy atom. The summed E-state index contributed by atoms with van der Waals surface area (Å²) in [5.74, 6) is 0.620. The van der Waals surface area contributed by atoms with E-state index in [2.05, 4.69) is 28.9 Å². The van der Waals surface area contributed by atoms with Gasteiger partial charge >= 0.3 is 6.18 Å². The maximum atomic E-state index is 12.9. The van der Waals surface area contributed by atoms with Crippen LogP contribution in [0.15, 0.2) is 12.1 Å². The number of piperidine rings is 1. The number of hydrogen-bond acceptors (Lipinski definition) is 5. The van der Waals surface area contributed by atoms with Crippen LogP contribution in [0.5, 0.6) is 0 Å². The molecule has 2 aliphatic rings. The molecule has 0 atom stereocenters. The smallest absolute Gasteiger partial charge is 0.355 e. The summed E-state index contributed by atoms with van der Waals surface area (Å²) in [6, 6.07) is 2.80. The van der Waals surface area contributed by atoms with E-state index in [0.29, 0.717) is 37.8 Å². The molecule has 0 aliphatic carbocycles. The standard InChI is InChI=1S/C19H28F3N5O/c1-14(2)25-8-3-9-27(13-12-25)18(28)15-6-10-26(11-7-15)17-5-4-16(23-24-17)19(20,21)22/h4-5,14-15H,3,6-13H2,1-2H3. The van der Waals surface area contributed by atoms with Crippen molar-refractivity contribution in [1.29, 1.82) is 0 Å². The highest BCUT2D eigenvalue weighted by atomic mass is 19.4. The molecule has 1 amide bonds. The first kappa shape index (κ1) is 20.8. The second-order valence-electron chi connectivity index (χ2n) is 7.84. The maximum absolute atomic E-state index is 12.9. The van der Waals surface area contributed by atoms with Crippen molar-refractivity contribution in [2.24, 2.45) is 5.92 Å². The Morgan fingerprint density at radius 2 is 1.75 bits per heavy atom. The second-order valence-corrected chi connectivity index (χ2v) is 7.84. The van der Waals surface area contributed by atoms with E-state index in [1.54, 1.807) is 0 Å². The van der Waals surface area contributed by atoms with E-state index in [0.717, 1.165) is 38.7 Å². The molecule has 0 unspecified atom stereocenters. The number of alkyl halides is 3. The molecule has 0 N–H and O–H groups in total. The van der Waals surface area contributed by atoms with Crippen molar-refractivity contribution in [3.63, 3.8) is 0 Å². The molecule has 3 rings (SSSR count). The molecule has 0 aromatic carbocycles. The summed E-state index contributed by atoms with van der Waals surface area (Å²) < 4.78 is 37.8. The highest BCUT2D eigenvalue weighted by molar-refractivity contribution is 5.79. The Balaban J connectivity index is 1.53. The van der Waals surface area contributed by atoms with E-state index in [1.807, 2.05) is 9.80 Å². The summed E-state index contributed by atoms with van der Waals surface area (Å²) in [5.41, 5.74) is -0.988. The molecule has 1 aromatic rings. The van der Waals surface area contributed by atoms with Crippen molar-refractivity contribution in [2.45, 2.75) is 45.3 Å². The van der Waals surface area contributed by atoms with Crippen LogP contribution in [0.4, 0.5) is 19.0 Å². The van der Waals surface area contributed by atoms with Crippen LogP contribution in [0.25, 0.3) is 0 Å². The van der Waals surface area contributed by atoms with Crippen LogP contribution < -0.4 is 4.90 Å². The molecule has 28 heavy (non-hydrogen) atoms. The fraction of sp³-hybridized carbons (Fsp3) is 0.737. The number of aromatic nitrogens is 2. The molecule has 1 aromatic heterocycles. The molecule has 0 bridgehead atoms. The first-order valence-electron chi connectivity index (χ1n) is 9.94. The zero-order valence-electron chi connectivity index (χ0n) is 16.5. The average molecular weight is 399 g/mol. The van der Waals surface area contributed by atoms with E-state index in [-0.39, 0.29) is 11.8 Å². The quantitative estimate of drug-likeness (QED) is 0.782. The minimum atomic E-state index is -4.48. The van der Waals surface area contributed by atoms with Crippen molar-refractivity contribution in [1.82, 2.24) is 20.0 Å². The van der Waals surface area contributed by atoms with Crippen LogP contribution in [-0.4, -0.2) is 71.2 Å². The summed E-state index contributed by atoms with van der Waals surface area (Å²) in [6.07, 6.45) is -2.12. The fourth-order valence-electron chi connectivity index (χ4n) is 3.93. The molecule has 2 saturated heterocycles. The van der Waals surface area contributed by atoms with Crippen LogP contribution in [-0.2, 0) is 11.0 Å². The van der Waals surface area contributed by atoms with Crippen molar-refractivity contribution in [2.75, 3.05) is 44.2 Å². The van der Waals surface area contributed by atoms with Gasteiger partial charge in [0.2, 0.25) is 5.91 Å². The van der Waals surface area contributed by atoms with Crippen LogP contribution >= 0.6 is 0 Å². The SMILES string of the molecule is CC(C)N1CCCN(C(=O)C2CCN(c3ccc(C(F)(F)F)nn3)CC2)CC1. The number of rotatable bonds is 3. The van der Waals surface area contributed by atoms with Gasteiger partial charge in [-0.2, -0.15) is 13.2 Å². The Morgan fingerprint density at radius 3 is 2.32 bits per heavy atom. The molecule has 2 aliphatic heterocycles. The van der Waals surface area contributed by atoms with Gasteiger partial charge in [-0.3, -0.25) is 9.69 Å². The van der Waals surface area contributed by atoms with Gasteiger partial charge < -0.3 is 9.80 Å². The van der Waals surface area contributed by atoms with Crippen molar-refractivity contribution < 1.29 is 18.0 Å². The van der Waals surface area contributed by atoms with Crippen molar-refractivity contribution in [3.05, 3.63) is 17.8 Å². The van der Waals surface area contributed by atoms with Gasteiger partial charge in [0, 0.05) is 51.2 Å². The lowest BCUT2D eigenvalue weighted by Gasteiger charge is -2.34. The highest BCUT2D eigenvalue weighted by Crippen LogP contribution is 2.29. The third-order valence-corrected chi connectivity index (χ3v) is 5.68. The van der Waals surface area contributed by atoms with Crippen LogP contribution in [0.1, 0.15) is 38.8 Å². The lowest BCUT2D eigenvalue weighted by atomic mass is 9.95. The third-order valence-electron chi connectivity index (χ3n) is 5.68. The lowest BCUT2D eigenvalue weighted by molar-refractivity contribution is -0.141. The molecule has 9 heteroatoms. The Hall–Kier alpha value is -1.90. The van der Waals surface area contributed by atoms with Crippen LogP contribution in [0.3, 0.4) is 0 Å². The molecule has 0 radical (unpaired) electrons. The largest absolute Gasteiger partial charge is 0.435 e. The van der Waals surface area contributed by atoms with E-state index in [4.69, 9.17) is 0 Å². The van der Waals surface area contributed by atoms with E-state index < -0.39 is 11.9 Å². The molecule has 6 nitrogen and oxygen atoms in total. The Bertz CT molecular complexity index is 657. The molecule has 3 heterocycles. The molecule has 0 spiro atoms. The number of carbonyl (C=O) groups is 1. The number of amides is 1. The zero-order chi connectivity index (χ0) is 20.3. The number of halogens is 3. The van der Waals surface area contributed by atoms with E-state index in [9.17, 15) is 18.0 Å². The highest BCUT2D eigenvalue weighted by Gasteiger charge is 2.34.